The van der Waals surface area contributed by atoms with Crippen LogP contribution in [0.4, 0.5) is 4.79 Å². The molecule has 2 aliphatic rings. The normalized spacial score (nSPS) is 22.6. The Hall–Kier alpha value is -2.60. The number of ether oxygens (including phenoxy) is 1. The van der Waals surface area contributed by atoms with Gasteiger partial charge in [-0.1, -0.05) is 18.2 Å². The van der Waals surface area contributed by atoms with Gasteiger partial charge in [-0.25, -0.2) is 4.79 Å². The number of pyridine rings is 1. The van der Waals surface area contributed by atoms with Gasteiger partial charge in [-0.05, 0) is 75.8 Å². The summed E-state index contributed by atoms with van der Waals surface area (Å²) in [6.45, 7) is 9.98. The van der Waals surface area contributed by atoms with E-state index in [1.807, 2.05) is 49.7 Å². The van der Waals surface area contributed by atoms with Crippen molar-refractivity contribution in [3.8, 4) is 11.1 Å². The number of rotatable bonds is 6. The molecule has 172 valence electrons. The van der Waals surface area contributed by atoms with Crippen molar-refractivity contribution in [1.29, 1.82) is 0 Å². The van der Waals surface area contributed by atoms with Crippen LogP contribution in [0.15, 0.2) is 41.3 Å². The Bertz CT molecular complexity index is 1080. The highest BCUT2D eigenvalue weighted by Crippen LogP contribution is 2.36. The second-order valence-electron chi connectivity index (χ2n) is 10.4. The molecular weight excluding hydrogens is 404 g/mol. The smallest absolute Gasteiger partial charge is 0.410 e. The van der Waals surface area contributed by atoms with Gasteiger partial charge in [0.15, 0.2) is 0 Å². The molecule has 6 heteroatoms. The Kier molecular flexibility index (Phi) is 5.70. The molecule has 2 atom stereocenters. The van der Waals surface area contributed by atoms with Crippen LogP contribution >= 0.6 is 0 Å². The van der Waals surface area contributed by atoms with E-state index in [1.165, 1.54) is 0 Å². The van der Waals surface area contributed by atoms with E-state index < -0.39 is 11.2 Å². The van der Waals surface area contributed by atoms with Crippen molar-refractivity contribution in [2.24, 2.45) is 0 Å². The second kappa shape index (κ2) is 8.07. The van der Waals surface area contributed by atoms with Crippen LogP contribution < -0.4 is 5.56 Å². The Morgan fingerprint density at radius 2 is 1.94 bits per heavy atom. The number of aliphatic hydroxyl groups is 1. The molecule has 0 bridgehead atoms. The summed E-state index contributed by atoms with van der Waals surface area (Å²) in [7, 11) is 0. The van der Waals surface area contributed by atoms with Crippen molar-refractivity contribution in [3.63, 3.8) is 0 Å². The van der Waals surface area contributed by atoms with E-state index in [1.54, 1.807) is 24.8 Å². The first-order chi connectivity index (χ1) is 15.0. The van der Waals surface area contributed by atoms with E-state index in [4.69, 9.17) is 4.74 Å². The van der Waals surface area contributed by atoms with Gasteiger partial charge in [0.05, 0.1) is 11.6 Å². The predicted molar refractivity (Wildman–Crippen MR) is 125 cm³/mol. The number of nitrogens with zero attached hydrogens (tertiary/aromatic N) is 2. The average Bonchev–Trinajstić information content (AvgIpc) is 3.50. The SMILES string of the molecule is Cc1cc([C@H](C)N2CC[C@@](C)(CC(C)(C)O)OC2=O)ccc1-c1ccn(C2CC2)c(=O)c1. The molecule has 0 spiro atoms. The van der Waals surface area contributed by atoms with E-state index in [-0.39, 0.29) is 17.7 Å². The van der Waals surface area contributed by atoms with Crippen LogP contribution in [0.1, 0.15) is 76.6 Å². The lowest BCUT2D eigenvalue weighted by atomic mass is 9.87. The Morgan fingerprint density at radius 1 is 1.22 bits per heavy atom. The van der Waals surface area contributed by atoms with Gasteiger partial charge in [-0.15, -0.1) is 0 Å². The highest BCUT2D eigenvalue weighted by Gasteiger charge is 2.41. The second-order valence-corrected chi connectivity index (χ2v) is 10.4. The number of hydrogen-bond donors (Lipinski definition) is 1. The first-order valence-corrected chi connectivity index (χ1v) is 11.5. The number of carbonyl (C=O) groups is 1. The maximum atomic E-state index is 12.8. The first kappa shape index (κ1) is 22.6. The third-order valence-electron chi connectivity index (χ3n) is 6.66. The number of benzene rings is 1. The fourth-order valence-corrected chi connectivity index (χ4v) is 4.92. The monoisotopic (exact) mass is 438 g/mol. The summed E-state index contributed by atoms with van der Waals surface area (Å²) in [4.78, 5) is 27.0. The Labute approximate surface area is 189 Å². The largest absolute Gasteiger partial charge is 0.443 e. The average molecular weight is 439 g/mol. The number of aryl methyl sites for hydroxylation is 1. The van der Waals surface area contributed by atoms with Gasteiger partial charge in [-0.3, -0.25) is 4.79 Å². The van der Waals surface area contributed by atoms with Crippen LogP contribution in [-0.2, 0) is 4.74 Å². The van der Waals surface area contributed by atoms with Crippen molar-refractivity contribution in [2.45, 2.75) is 83.6 Å². The van der Waals surface area contributed by atoms with E-state index >= 15 is 0 Å². The van der Waals surface area contributed by atoms with Crippen LogP contribution in [0.25, 0.3) is 11.1 Å². The van der Waals surface area contributed by atoms with Crippen molar-refractivity contribution in [3.05, 3.63) is 58.0 Å². The molecule has 1 aromatic heterocycles. The standard InChI is InChI=1S/C26H34N2O4/c1-17-14-19(6-9-22(17)20-10-12-28(21-7-8-21)23(29)15-20)18(2)27-13-11-26(5,32-24(27)30)16-25(3,4)31/h6,9-10,12,14-15,18,21,31H,7-8,11,13,16H2,1-5H3/t18-,26-/m0/s1. The topological polar surface area (TPSA) is 71.8 Å². The molecule has 1 N–H and O–H groups in total. The fraction of sp³-hybridized carbons (Fsp3) is 0.538. The zero-order valence-electron chi connectivity index (χ0n) is 19.7. The van der Waals surface area contributed by atoms with Gasteiger partial charge in [0.25, 0.3) is 5.56 Å². The van der Waals surface area contributed by atoms with Crippen LogP contribution in [0, 0.1) is 6.92 Å². The summed E-state index contributed by atoms with van der Waals surface area (Å²) < 4.78 is 7.59. The maximum absolute atomic E-state index is 12.8. The lowest BCUT2D eigenvalue weighted by Gasteiger charge is -2.43. The van der Waals surface area contributed by atoms with Gasteiger partial charge >= 0.3 is 6.09 Å². The molecule has 1 aromatic carbocycles. The van der Waals surface area contributed by atoms with Gasteiger partial charge in [-0.2, -0.15) is 0 Å². The molecule has 0 unspecified atom stereocenters. The lowest BCUT2D eigenvalue weighted by molar-refractivity contribution is -0.0859. The molecule has 1 aliphatic carbocycles. The molecule has 1 saturated carbocycles. The van der Waals surface area contributed by atoms with E-state index in [0.717, 1.165) is 35.1 Å². The van der Waals surface area contributed by atoms with Crippen LogP contribution in [0.2, 0.25) is 0 Å². The summed E-state index contributed by atoms with van der Waals surface area (Å²) in [6, 6.07) is 10.1. The highest BCUT2D eigenvalue weighted by atomic mass is 16.6. The molecule has 2 aromatic rings. The van der Waals surface area contributed by atoms with Crippen molar-refractivity contribution < 1.29 is 14.6 Å². The summed E-state index contributed by atoms with van der Waals surface area (Å²) in [5, 5.41) is 10.2. The molecule has 1 aliphatic heterocycles. The molecule has 2 fully saturated rings. The summed E-state index contributed by atoms with van der Waals surface area (Å²) in [5.41, 5.74) is 2.53. The molecule has 32 heavy (non-hydrogen) atoms. The van der Waals surface area contributed by atoms with Crippen LogP contribution in [0.5, 0.6) is 0 Å². The number of aromatic nitrogens is 1. The molecule has 0 radical (unpaired) electrons. The number of amides is 1. The molecule has 4 rings (SSSR count). The zero-order valence-corrected chi connectivity index (χ0v) is 19.7. The number of hydrogen-bond acceptors (Lipinski definition) is 4. The Morgan fingerprint density at radius 3 is 2.50 bits per heavy atom. The van der Waals surface area contributed by atoms with Crippen LogP contribution in [-0.4, -0.2) is 38.4 Å². The van der Waals surface area contributed by atoms with Crippen molar-refractivity contribution in [1.82, 2.24) is 9.47 Å². The predicted octanol–water partition coefficient (Wildman–Crippen LogP) is 4.98. The van der Waals surface area contributed by atoms with E-state index in [0.29, 0.717) is 25.4 Å². The van der Waals surface area contributed by atoms with Crippen LogP contribution in [0.3, 0.4) is 0 Å². The summed E-state index contributed by atoms with van der Waals surface area (Å²) in [6.07, 6.45) is 4.80. The van der Waals surface area contributed by atoms with Gasteiger partial charge in [0, 0.05) is 37.7 Å². The van der Waals surface area contributed by atoms with Gasteiger partial charge in [0.2, 0.25) is 0 Å². The number of carbonyl (C=O) groups excluding carboxylic acids is 1. The third kappa shape index (κ3) is 4.75. The van der Waals surface area contributed by atoms with E-state index in [9.17, 15) is 14.7 Å². The van der Waals surface area contributed by atoms with Gasteiger partial charge in [0.1, 0.15) is 5.60 Å². The zero-order chi connectivity index (χ0) is 23.3. The van der Waals surface area contributed by atoms with Gasteiger partial charge < -0.3 is 19.3 Å². The molecule has 6 nitrogen and oxygen atoms in total. The minimum Gasteiger partial charge on any atom is -0.443 e. The highest BCUT2D eigenvalue weighted by molar-refractivity contribution is 5.70. The summed E-state index contributed by atoms with van der Waals surface area (Å²) >= 11 is 0. The number of cyclic esters (lactones) is 1. The van der Waals surface area contributed by atoms with E-state index in [2.05, 4.69) is 6.07 Å². The molecule has 1 amide bonds. The molecule has 1 saturated heterocycles. The molecule has 2 heterocycles. The lowest BCUT2D eigenvalue weighted by Crippen LogP contribution is -2.51. The minimum absolute atomic E-state index is 0.0482. The quantitative estimate of drug-likeness (QED) is 0.690. The molecular formula is C26H34N2O4. The summed E-state index contributed by atoms with van der Waals surface area (Å²) in [5.74, 6) is 0. The Balaban J connectivity index is 1.50. The maximum Gasteiger partial charge on any atom is 0.410 e. The first-order valence-electron chi connectivity index (χ1n) is 11.5. The minimum atomic E-state index is -0.894. The third-order valence-corrected chi connectivity index (χ3v) is 6.66. The van der Waals surface area contributed by atoms with Crippen molar-refractivity contribution in [2.75, 3.05) is 6.54 Å². The van der Waals surface area contributed by atoms with Crippen molar-refractivity contribution >= 4 is 6.09 Å². The fourth-order valence-electron chi connectivity index (χ4n) is 4.92.